The number of rotatable bonds is 4. The van der Waals surface area contributed by atoms with E-state index in [9.17, 15) is 4.79 Å². The number of morpholine rings is 1. The lowest BCUT2D eigenvalue weighted by Crippen LogP contribution is -2.42. The van der Waals surface area contributed by atoms with Crippen LogP contribution in [0.3, 0.4) is 0 Å². The summed E-state index contributed by atoms with van der Waals surface area (Å²) in [6, 6.07) is 5.79. The van der Waals surface area contributed by atoms with Crippen LogP contribution >= 0.6 is 0 Å². The molecule has 1 fully saturated rings. The van der Waals surface area contributed by atoms with Gasteiger partial charge in [-0.15, -0.1) is 0 Å². The number of aryl methyl sites for hydroxylation is 3. The third-order valence-electron chi connectivity index (χ3n) is 4.91. The number of aromatic nitrogens is 3. The van der Waals surface area contributed by atoms with Gasteiger partial charge in [-0.2, -0.15) is 0 Å². The highest BCUT2D eigenvalue weighted by atomic mass is 16.5. The van der Waals surface area contributed by atoms with E-state index in [0.29, 0.717) is 31.2 Å². The molecule has 0 spiro atoms. The minimum absolute atomic E-state index is 0.154. The van der Waals surface area contributed by atoms with E-state index >= 15 is 0 Å². The van der Waals surface area contributed by atoms with Gasteiger partial charge in [0.15, 0.2) is 12.1 Å². The Morgan fingerprint density at radius 3 is 2.93 bits per heavy atom. The second-order valence-corrected chi connectivity index (χ2v) is 6.74. The molecular weight excluding hydrogens is 360 g/mol. The predicted octanol–water partition coefficient (Wildman–Crippen LogP) is 3.12. The number of ether oxygens (including phenoxy) is 1. The molecule has 0 saturated carbocycles. The molecule has 1 atom stereocenters. The summed E-state index contributed by atoms with van der Waals surface area (Å²) < 4.78 is 16.5. The first kappa shape index (κ1) is 18.4. The fourth-order valence-electron chi connectivity index (χ4n) is 3.43. The number of amides is 1. The van der Waals surface area contributed by atoms with Crippen molar-refractivity contribution < 1.29 is 18.5 Å². The number of hydrogen-bond acceptors (Lipinski definition) is 7. The quantitative estimate of drug-likeness (QED) is 0.684. The van der Waals surface area contributed by atoms with Crippen molar-refractivity contribution in [1.82, 2.24) is 20.0 Å². The van der Waals surface area contributed by atoms with Gasteiger partial charge < -0.3 is 18.6 Å². The maximum absolute atomic E-state index is 12.7. The van der Waals surface area contributed by atoms with Crippen LogP contribution in [0.25, 0.3) is 11.3 Å². The summed E-state index contributed by atoms with van der Waals surface area (Å²) in [5.74, 6) is 1.17. The zero-order valence-electron chi connectivity index (χ0n) is 16.1. The molecule has 4 rings (SSSR count). The van der Waals surface area contributed by atoms with Gasteiger partial charge >= 0.3 is 0 Å². The number of oxazole rings is 1. The zero-order chi connectivity index (χ0) is 19.7. The highest BCUT2D eigenvalue weighted by Gasteiger charge is 2.29. The molecule has 1 aliphatic rings. The second-order valence-electron chi connectivity index (χ2n) is 6.74. The average molecular weight is 382 g/mol. The second kappa shape index (κ2) is 7.55. The Balaban J connectivity index is 1.58. The Morgan fingerprint density at radius 2 is 2.18 bits per heavy atom. The minimum atomic E-state index is -0.310. The molecule has 8 nitrogen and oxygen atoms in total. The Labute approximate surface area is 162 Å². The van der Waals surface area contributed by atoms with E-state index in [1.807, 2.05) is 32.0 Å². The van der Waals surface area contributed by atoms with Crippen LogP contribution in [0.15, 0.2) is 33.5 Å². The number of carbonyl (C=O) groups excluding carboxylic acids is 1. The molecule has 0 bridgehead atoms. The summed E-state index contributed by atoms with van der Waals surface area (Å²) in [5, 5.41) is 4.06. The molecule has 1 aliphatic heterocycles. The van der Waals surface area contributed by atoms with Crippen LogP contribution in [-0.4, -0.2) is 45.6 Å². The minimum Gasteiger partial charge on any atom is -0.448 e. The maximum atomic E-state index is 12.7. The Bertz CT molecular complexity index is 994. The molecule has 3 aromatic heterocycles. The van der Waals surface area contributed by atoms with E-state index in [0.717, 1.165) is 34.8 Å². The molecule has 28 heavy (non-hydrogen) atoms. The van der Waals surface area contributed by atoms with E-state index in [-0.39, 0.29) is 12.0 Å². The predicted molar refractivity (Wildman–Crippen MR) is 99.7 cm³/mol. The molecule has 0 aliphatic carbocycles. The number of pyridine rings is 1. The van der Waals surface area contributed by atoms with Crippen LogP contribution < -0.4 is 0 Å². The monoisotopic (exact) mass is 382 g/mol. The zero-order valence-corrected chi connectivity index (χ0v) is 16.1. The highest BCUT2D eigenvalue weighted by Crippen LogP contribution is 2.29. The van der Waals surface area contributed by atoms with Gasteiger partial charge in [-0.1, -0.05) is 18.1 Å². The third kappa shape index (κ3) is 3.31. The highest BCUT2D eigenvalue weighted by molar-refractivity contribution is 5.93. The Hall–Kier alpha value is -3.00. The normalized spacial score (nSPS) is 17.1. The largest absolute Gasteiger partial charge is 0.448 e. The van der Waals surface area contributed by atoms with E-state index in [1.165, 1.54) is 6.39 Å². The van der Waals surface area contributed by atoms with Gasteiger partial charge in [-0.25, -0.2) is 9.97 Å². The van der Waals surface area contributed by atoms with Crippen molar-refractivity contribution in [2.45, 2.75) is 33.3 Å². The lowest BCUT2D eigenvalue weighted by Gasteiger charge is -2.32. The average Bonchev–Trinajstić information content (AvgIpc) is 3.32. The molecule has 0 radical (unpaired) electrons. The third-order valence-corrected chi connectivity index (χ3v) is 4.91. The van der Waals surface area contributed by atoms with Gasteiger partial charge in [-0.05, 0) is 26.0 Å². The van der Waals surface area contributed by atoms with Crippen LogP contribution in [0, 0.1) is 13.8 Å². The van der Waals surface area contributed by atoms with E-state index in [4.69, 9.17) is 18.7 Å². The van der Waals surface area contributed by atoms with Crippen LogP contribution in [0.2, 0.25) is 0 Å². The molecular formula is C20H22N4O4. The van der Waals surface area contributed by atoms with Crippen LogP contribution in [0.5, 0.6) is 0 Å². The van der Waals surface area contributed by atoms with Crippen molar-refractivity contribution in [2.24, 2.45) is 0 Å². The SMILES string of the molecule is CCc1onc(C)c1-c1cccc([C@@H]2CN(C(=O)c3ncoc3C)CCO2)n1. The first-order valence-corrected chi connectivity index (χ1v) is 9.32. The summed E-state index contributed by atoms with van der Waals surface area (Å²) in [5.41, 5.74) is 3.65. The van der Waals surface area contributed by atoms with Crippen molar-refractivity contribution in [2.75, 3.05) is 19.7 Å². The summed E-state index contributed by atoms with van der Waals surface area (Å²) in [4.78, 5) is 23.3. The molecule has 0 aromatic carbocycles. The molecule has 0 N–H and O–H groups in total. The van der Waals surface area contributed by atoms with Crippen LogP contribution in [0.4, 0.5) is 0 Å². The lowest BCUT2D eigenvalue weighted by atomic mass is 10.1. The molecule has 1 amide bonds. The standard InChI is InChI=1S/C20H22N4O4/c1-4-16-18(12(2)23-28-16)15-7-5-6-14(22-15)17-10-24(8-9-26-17)20(25)19-13(3)27-11-21-19/h5-7,11,17H,4,8-10H2,1-3H3/t17-/m0/s1. The molecule has 8 heteroatoms. The molecule has 0 unspecified atom stereocenters. The van der Waals surface area contributed by atoms with Gasteiger partial charge in [-0.3, -0.25) is 4.79 Å². The van der Waals surface area contributed by atoms with Gasteiger partial charge in [0.05, 0.1) is 35.8 Å². The Kier molecular flexibility index (Phi) is 4.95. The number of nitrogens with zero attached hydrogens (tertiary/aromatic N) is 4. The molecule has 4 heterocycles. The van der Waals surface area contributed by atoms with Gasteiger partial charge in [0.25, 0.3) is 5.91 Å². The van der Waals surface area contributed by atoms with E-state index in [2.05, 4.69) is 10.1 Å². The summed E-state index contributed by atoms with van der Waals surface area (Å²) >= 11 is 0. The number of carbonyl (C=O) groups is 1. The molecule has 146 valence electrons. The molecule has 1 saturated heterocycles. The van der Waals surface area contributed by atoms with Gasteiger partial charge in [0, 0.05) is 13.0 Å². The van der Waals surface area contributed by atoms with E-state index < -0.39 is 0 Å². The Morgan fingerprint density at radius 1 is 1.32 bits per heavy atom. The molecule has 3 aromatic rings. The van der Waals surface area contributed by atoms with Gasteiger partial charge in [0.1, 0.15) is 17.6 Å². The summed E-state index contributed by atoms with van der Waals surface area (Å²) in [7, 11) is 0. The van der Waals surface area contributed by atoms with Crippen molar-refractivity contribution in [3.8, 4) is 11.3 Å². The topological polar surface area (TPSA) is 94.5 Å². The first-order valence-electron chi connectivity index (χ1n) is 9.32. The lowest BCUT2D eigenvalue weighted by molar-refractivity contribution is -0.0249. The summed E-state index contributed by atoms with van der Waals surface area (Å²) in [6.07, 6.45) is 1.72. The smallest absolute Gasteiger partial charge is 0.276 e. The van der Waals surface area contributed by atoms with Crippen molar-refractivity contribution in [3.63, 3.8) is 0 Å². The van der Waals surface area contributed by atoms with E-state index in [1.54, 1.807) is 11.8 Å². The van der Waals surface area contributed by atoms with Crippen molar-refractivity contribution in [1.29, 1.82) is 0 Å². The van der Waals surface area contributed by atoms with Crippen LogP contribution in [0.1, 0.15) is 46.4 Å². The summed E-state index contributed by atoms with van der Waals surface area (Å²) in [6.45, 7) is 7.01. The fourth-order valence-corrected chi connectivity index (χ4v) is 3.43. The van der Waals surface area contributed by atoms with Crippen LogP contribution in [-0.2, 0) is 11.2 Å². The maximum Gasteiger partial charge on any atom is 0.276 e. The van der Waals surface area contributed by atoms with Gasteiger partial charge in [0.2, 0.25) is 0 Å². The first-order chi connectivity index (χ1) is 13.6. The fraction of sp³-hybridized carbons (Fsp3) is 0.400. The van der Waals surface area contributed by atoms with Crippen molar-refractivity contribution >= 4 is 5.91 Å². The van der Waals surface area contributed by atoms with Crippen molar-refractivity contribution in [3.05, 3.63) is 53.2 Å². The number of hydrogen-bond donors (Lipinski definition) is 0.